The van der Waals surface area contributed by atoms with E-state index in [1.165, 1.54) is 4.31 Å². The zero-order valence-electron chi connectivity index (χ0n) is 15.1. The lowest BCUT2D eigenvalue weighted by molar-refractivity contribution is -0.126. The summed E-state index contributed by atoms with van der Waals surface area (Å²) in [5, 5.41) is 0. The quantitative estimate of drug-likeness (QED) is 0.711. The van der Waals surface area contributed by atoms with Crippen molar-refractivity contribution in [3.63, 3.8) is 0 Å². The van der Waals surface area contributed by atoms with E-state index in [2.05, 4.69) is 0 Å². The summed E-state index contributed by atoms with van der Waals surface area (Å²) in [5.74, 6) is 0.627. The number of likely N-dealkylation sites (N-methyl/N-ethyl adjacent to an activating group) is 1. The van der Waals surface area contributed by atoms with E-state index in [9.17, 15) is 13.2 Å². The number of benzene rings is 1. The lowest BCUT2D eigenvalue weighted by Crippen LogP contribution is -2.34. The van der Waals surface area contributed by atoms with Gasteiger partial charge in [0.2, 0.25) is 15.9 Å². The minimum atomic E-state index is -3.16. The molecule has 1 atom stereocenters. The highest BCUT2D eigenvalue weighted by molar-refractivity contribution is 7.93. The minimum Gasteiger partial charge on any atom is -0.381 e. The zero-order valence-corrected chi connectivity index (χ0v) is 16.0. The van der Waals surface area contributed by atoms with Crippen molar-refractivity contribution < 1.29 is 17.9 Å². The molecule has 2 heterocycles. The van der Waals surface area contributed by atoms with Gasteiger partial charge in [0.15, 0.2) is 0 Å². The number of carbonyl (C=O) groups is 1. The maximum atomic E-state index is 12.4. The second-order valence-corrected chi connectivity index (χ2v) is 8.79. The lowest BCUT2D eigenvalue weighted by atomic mass is 10.1. The highest BCUT2D eigenvalue weighted by Crippen LogP contribution is 2.24. The third-order valence-corrected chi connectivity index (χ3v) is 6.76. The maximum Gasteiger partial charge on any atom is 0.246 e. The monoisotopic (exact) mass is 378 g/mol. The summed E-state index contributed by atoms with van der Waals surface area (Å²) in [6, 6.07) is 7.27. The van der Waals surface area contributed by atoms with Gasteiger partial charge in [0, 0.05) is 38.2 Å². The third-order valence-electron chi connectivity index (χ3n) is 4.89. The first-order valence-corrected chi connectivity index (χ1v) is 10.8. The molecule has 3 rings (SSSR count). The smallest absolute Gasteiger partial charge is 0.246 e. The van der Waals surface area contributed by atoms with Crippen LogP contribution in [0.5, 0.6) is 0 Å². The second kappa shape index (κ2) is 8.22. The molecule has 1 aromatic carbocycles. The summed E-state index contributed by atoms with van der Waals surface area (Å²) in [6.07, 6.45) is 5.03. The topological polar surface area (TPSA) is 66.9 Å². The average molecular weight is 378 g/mol. The van der Waals surface area contributed by atoms with E-state index < -0.39 is 10.0 Å². The molecular formula is C19H26N2O4S. The first-order chi connectivity index (χ1) is 12.5. The summed E-state index contributed by atoms with van der Waals surface area (Å²) in [5.41, 5.74) is 1.56. The number of rotatable bonds is 6. The Morgan fingerprint density at radius 1 is 1.35 bits per heavy atom. The van der Waals surface area contributed by atoms with Gasteiger partial charge >= 0.3 is 0 Å². The largest absolute Gasteiger partial charge is 0.381 e. The standard InChI is InChI=1S/C19H26N2O4S/c1-2-20(14-17-10-12-25-15-17)19(22)9-6-16-4-7-18(8-5-16)21-11-3-13-26(21,23)24/h4-9,17H,2-3,10-15H2,1H3/b9-6+. The van der Waals surface area contributed by atoms with Gasteiger partial charge in [-0.2, -0.15) is 0 Å². The fourth-order valence-electron chi connectivity index (χ4n) is 3.37. The van der Waals surface area contributed by atoms with E-state index in [1.807, 2.05) is 24.0 Å². The molecule has 6 nitrogen and oxygen atoms in total. The molecule has 0 aromatic heterocycles. The van der Waals surface area contributed by atoms with E-state index in [-0.39, 0.29) is 11.7 Å². The van der Waals surface area contributed by atoms with Crippen molar-refractivity contribution in [3.8, 4) is 0 Å². The van der Waals surface area contributed by atoms with Crippen molar-refractivity contribution in [2.75, 3.05) is 42.9 Å². The number of ether oxygens (including phenoxy) is 1. The van der Waals surface area contributed by atoms with Gasteiger partial charge < -0.3 is 9.64 Å². The molecule has 2 saturated heterocycles. The van der Waals surface area contributed by atoms with E-state index in [0.717, 1.165) is 31.7 Å². The Morgan fingerprint density at radius 3 is 2.69 bits per heavy atom. The van der Waals surface area contributed by atoms with E-state index in [4.69, 9.17) is 4.74 Å². The maximum absolute atomic E-state index is 12.4. The summed E-state index contributed by atoms with van der Waals surface area (Å²) >= 11 is 0. The van der Waals surface area contributed by atoms with Gasteiger partial charge in [-0.25, -0.2) is 8.42 Å². The molecule has 2 aliphatic rings. The first-order valence-electron chi connectivity index (χ1n) is 9.15. The summed E-state index contributed by atoms with van der Waals surface area (Å²) in [6.45, 7) is 5.43. The fraction of sp³-hybridized carbons (Fsp3) is 0.526. The molecule has 0 saturated carbocycles. The number of hydrogen-bond donors (Lipinski definition) is 0. The van der Waals surface area contributed by atoms with Crippen molar-refractivity contribution in [2.45, 2.75) is 19.8 Å². The van der Waals surface area contributed by atoms with Gasteiger partial charge in [0.05, 0.1) is 18.0 Å². The van der Waals surface area contributed by atoms with E-state index in [1.54, 1.807) is 24.3 Å². The Hall–Kier alpha value is -1.86. The van der Waals surface area contributed by atoms with Crippen LogP contribution in [-0.2, 0) is 19.6 Å². The van der Waals surface area contributed by atoms with Gasteiger partial charge in [0.25, 0.3) is 0 Å². The molecule has 0 aliphatic carbocycles. The Labute approximate surface area is 155 Å². The van der Waals surface area contributed by atoms with Crippen molar-refractivity contribution in [1.29, 1.82) is 0 Å². The van der Waals surface area contributed by atoms with Crippen molar-refractivity contribution in [2.24, 2.45) is 5.92 Å². The zero-order chi connectivity index (χ0) is 18.6. The van der Waals surface area contributed by atoms with Crippen LogP contribution in [0, 0.1) is 5.92 Å². The van der Waals surface area contributed by atoms with Crippen LogP contribution in [0.2, 0.25) is 0 Å². The highest BCUT2D eigenvalue weighted by Gasteiger charge is 2.28. The normalized spacial score (nSPS) is 22.2. The third kappa shape index (κ3) is 4.45. The second-order valence-electron chi connectivity index (χ2n) is 6.77. The number of anilines is 1. The van der Waals surface area contributed by atoms with Gasteiger partial charge in [0.1, 0.15) is 0 Å². The molecule has 1 amide bonds. The van der Waals surface area contributed by atoms with Crippen LogP contribution in [0.1, 0.15) is 25.3 Å². The molecule has 0 bridgehead atoms. The molecule has 0 N–H and O–H groups in total. The number of carbonyl (C=O) groups excluding carboxylic acids is 1. The number of nitrogens with zero attached hydrogens (tertiary/aromatic N) is 2. The van der Waals surface area contributed by atoms with Crippen LogP contribution in [0.15, 0.2) is 30.3 Å². The van der Waals surface area contributed by atoms with Crippen LogP contribution >= 0.6 is 0 Å². The fourth-order valence-corrected chi connectivity index (χ4v) is 4.93. The molecule has 2 fully saturated rings. The van der Waals surface area contributed by atoms with E-state index >= 15 is 0 Å². The first kappa shape index (κ1) is 18.9. The van der Waals surface area contributed by atoms with Crippen molar-refractivity contribution in [1.82, 2.24) is 4.90 Å². The predicted octanol–water partition coefficient (Wildman–Crippen LogP) is 2.12. The highest BCUT2D eigenvalue weighted by atomic mass is 32.2. The molecule has 1 aromatic rings. The molecular weight excluding hydrogens is 352 g/mol. The summed E-state index contributed by atoms with van der Waals surface area (Å²) in [7, 11) is -3.16. The van der Waals surface area contributed by atoms with E-state index in [0.29, 0.717) is 31.1 Å². The molecule has 7 heteroatoms. The van der Waals surface area contributed by atoms with Crippen LogP contribution in [0.25, 0.3) is 6.08 Å². The lowest BCUT2D eigenvalue weighted by Gasteiger charge is -2.22. The molecule has 0 radical (unpaired) electrons. The number of amides is 1. The van der Waals surface area contributed by atoms with Gasteiger partial charge in [-0.1, -0.05) is 12.1 Å². The predicted molar refractivity (Wildman–Crippen MR) is 102 cm³/mol. The average Bonchev–Trinajstić information content (AvgIpc) is 3.27. The summed E-state index contributed by atoms with van der Waals surface area (Å²) < 4.78 is 30.8. The molecule has 142 valence electrons. The Morgan fingerprint density at radius 2 is 2.12 bits per heavy atom. The molecule has 2 aliphatic heterocycles. The molecule has 1 unspecified atom stereocenters. The van der Waals surface area contributed by atoms with Crippen molar-refractivity contribution >= 4 is 27.7 Å². The summed E-state index contributed by atoms with van der Waals surface area (Å²) in [4.78, 5) is 14.2. The number of sulfonamides is 1. The van der Waals surface area contributed by atoms with Crippen LogP contribution in [0.4, 0.5) is 5.69 Å². The minimum absolute atomic E-state index is 0.00871. The Bertz CT molecular complexity index is 752. The Kier molecular flexibility index (Phi) is 5.98. The molecule has 0 spiro atoms. The van der Waals surface area contributed by atoms with Gasteiger partial charge in [-0.15, -0.1) is 0 Å². The van der Waals surface area contributed by atoms with Gasteiger partial charge in [-0.3, -0.25) is 9.10 Å². The SMILES string of the molecule is CCN(CC1CCOC1)C(=O)/C=C/c1ccc(N2CCCS2(=O)=O)cc1. The molecule has 26 heavy (non-hydrogen) atoms. The van der Waals surface area contributed by atoms with Gasteiger partial charge in [-0.05, 0) is 43.5 Å². The van der Waals surface area contributed by atoms with Crippen LogP contribution in [0.3, 0.4) is 0 Å². The van der Waals surface area contributed by atoms with Crippen LogP contribution < -0.4 is 4.31 Å². The Balaban J connectivity index is 1.61. The van der Waals surface area contributed by atoms with Crippen LogP contribution in [-0.4, -0.2) is 57.8 Å². The number of hydrogen-bond acceptors (Lipinski definition) is 4. The van der Waals surface area contributed by atoms with Crippen molar-refractivity contribution in [3.05, 3.63) is 35.9 Å².